The molecule has 8 N–H and O–H groups in total. The number of oxime groups is 1. The van der Waals surface area contributed by atoms with Gasteiger partial charge in [-0.25, -0.2) is 14.9 Å². The number of rotatable bonds is 11. The summed E-state index contributed by atoms with van der Waals surface area (Å²) < 4.78 is 1.93. The number of thioether (sulfide) groups is 1. The highest BCUT2D eigenvalue weighted by molar-refractivity contribution is 8.00. The van der Waals surface area contributed by atoms with Crippen LogP contribution in [-0.4, -0.2) is 98.0 Å². The number of nitrogen functional groups attached to an aromatic ring is 1. The number of phenolic OH excluding ortho intramolecular Hbond substituents is 2. The Bertz CT molecular complexity index is 2450. The van der Waals surface area contributed by atoms with Crippen LogP contribution >= 0.6 is 34.7 Å². The zero-order chi connectivity index (χ0) is 39.2. The third-order valence-corrected chi connectivity index (χ3v) is 11.0. The predicted molar refractivity (Wildman–Crippen MR) is 199 cm³/mol. The monoisotopic (exact) mass is 806 g/mol. The molecule has 7 rings (SSSR count). The van der Waals surface area contributed by atoms with Crippen molar-refractivity contribution in [2.75, 3.05) is 16.8 Å². The highest BCUT2D eigenvalue weighted by Gasteiger charge is 2.54. The van der Waals surface area contributed by atoms with Gasteiger partial charge in [-0.05, 0) is 48.5 Å². The molecule has 3 aromatic heterocycles. The summed E-state index contributed by atoms with van der Waals surface area (Å²) in [7, 11) is 0. The van der Waals surface area contributed by atoms with E-state index >= 15 is 0 Å². The number of anilines is 2. The van der Waals surface area contributed by atoms with Crippen molar-refractivity contribution in [2.45, 2.75) is 37.4 Å². The predicted octanol–water partition coefficient (Wildman–Crippen LogP) is 2.09. The summed E-state index contributed by atoms with van der Waals surface area (Å²) in [6.45, 7) is 2.79. The van der Waals surface area contributed by atoms with Crippen LogP contribution in [0.3, 0.4) is 0 Å². The number of nitrogens with zero attached hydrogens (tertiary/aromatic N) is 7. The lowest BCUT2D eigenvalue weighted by molar-refractivity contribution is -0.662. The van der Waals surface area contributed by atoms with Gasteiger partial charge in [0.25, 0.3) is 17.7 Å². The number of tetrazole rings is 1. The second-order valence-electron chi connectivity index (χ2n) is 12.6. The van der Waals surface area contributed by atoms with Gasteiger partial charge < -0.3 is 36.5 Å². The Hall–Kier alpha value is -6.32. The highest BCUT2D eigenvalue weighted by Crippen LogP contribution is 2.43. The van der Waals surface area contributed by atoms with Gasteiger partial charge in [-0.2, -0.15) is 4.57 Å². The van der Waals surface area contributed by atoms with E-state index in [0.29, 0.717) is 22.5 Å². The fraction of sp³-hybridized carbons (Fsp3) is 0.212. The number of fused-ring (bicyclic) bond motifs is 2. The summed E-state index contributed by atoms with van der Waals surface area (Å²) in [5, 5.41) is 54.2. The van der Waals surface area contributed by atoms with Crippen molar-refractivity contribution < 1.29 is 43.9 Å². The van der Waals surface area contributed by atoms with E-state index in [1.54, 1.807) is 18.2 Å². The van der Waals surface area contributed by atoms with Crippen LogP contribution in [0, 0.1) is 0 Å². The molecule has 1 fully saturated rings. The number of carboxylic acids is 1. The van der Waals surface area contributed by atoms with Gasteiger partial charge in [0.1, 0.15) is 17.1 Å². The van der Waals surface area contributed by atoms with Gasteiger partial charge in [0, 0.05) is 28.8 Å². The number of benzene rings is 2. The van der Waals surface area contributed by atoms with Crippen LogP contribution in [0.4, 0.5) is 10.8 Å². The van der Waals surface area contributed by atoms with Crippen molar-refractivity contribution in [3.8, 4) is 11.5 Å². The first-order valence-electron chi connectivity index (χ1n) is 16.1. The van der Waals surface area contributed by atoms with Crippen LogP contribution in [0.25, 0.3) is 16.6 Å². The Balaban J connectivity index is 1.16. The molecule has 0 radical (unpaired) electrons. The average molecular weight is 807 g/mol. The summed E-state index contributed by atoms with van der Waals surface area (Å²) in [5.74, 6) is -3.67. The fourth-order valence-electron chi connectivity index (χ4n) is 5.77. The van der Waals surface area contributed by atoms with Crippen molar-refractivity contribution in [2.24, 2.45) is 5.16 Å². The lowest BCUT2D eigenvalue weighted by atomic mass is 10.0. The SMILES string of the molecule is CC(C)(O/N=C(\C(=O)N[C@@H]1C(=O)N2C(c3nnn[nH]3)=C(C[n+]3cccc4c(NC(=O)c5ccc(O)c(O)c5Cl)cccc43)CS[C@H]12)c1csc(N)n1)C(=O)O. The maximum absolute atomic E-state index is 13.9. The standard InChI is InChI=1S/C33H28ClN11O8S2/c1-33(2,31(51)52)53-41-22(18-13-55-32(35)37-18)28(49)38-23-29(50)45-24(26-39-42-43-40-26)14(12-54-30(23)45)11-44-10-4-5-15-17(6-3-7-19(15)44)36-27(48)16-8-9-20(46)25(47)21(16)34/h3-10,13,23,30H,11-12H2,1-2H3,(H7,35,37,38,39,40,41,42,43,46,47,48,49,51,52)/p+1/t23-,30-/m1/s1. The summed E-state index contributed by atoms with van der Waals surface area (Å²) >= 11 is 8.56. The maximum atomic E-state index is 13.9. The minimum Gasteiger partial charge on any atom is -0.504 e. The third-order valence-electron chi connectivity index (χ3n) is 8.63. The molecule has 5 aromatic rings. The molecule has 5 heterocycles. The molecule has 1 saturated heterocycles. The van der Waals surface area contributed by atoms with E-state index in [4.69, 9.17) is 22.2 Å². The van der Waals surface area contributed by atoms with Crippen molar-refractivity contribution in [3.63, 3.8) is 0 Å². The number of hydrogen-bond acceptors (Lipinski definition) is 15. The first kappa shape index (κ1) is 37.0. The number of carboxylic acid groups (broad SMARTS) is 1. The summed E-state index contributed by atoms with van der Waals surface area (Å²) in [6, 6.07) is 10.4. The molecule has 2 aliphatic heterocycles. The van der Waals surface area contributed by atoms with Crippen molar-refractivity contribution in [3.05, 3.63) is 81.7 Å². The van der Waals surface area contributed by atoms with E-state index in [1.165, 1.54) is 48.0 Å². The van der Waals surface area contributed by atoms with Crippen molar-refractivity contribution >= 4 is 91.5 Å². The Labute approximate surface area is 322 Å². The maximum Gasteiger partial charge on any atom is 0.350 e. The quantitative estimate of drug-likeness (QED) is 0.0331. The number of aliphatic carboxylic acids is 1. The number of nitrogens with two attached hydrogens (primary N) is 1. The molecule has 22 heteroatoms. The van der Waals surface area contributed by atoms with Crippen LogP contribution < -0.4 is 20.9 Å². The molecule has 0 unspecified atom stereocenters. The number of phenols is 2. The number of aromatic hydroxyl groups is 2. The number of thiazole rings is 1. The number of halogens is 1. The molecule has 0 saturated carbocycles. The molecule has 0 bridgehead atoms. The summed E-state index contributed by atoms with van der Waals surface area (Å²) in [5.41, 5.74) is 5.99. The first-order chi connectivity index (χ1) is 26.2. The normalized spacial score (nSPS) is 17.1. The number of amides is 3. The number of carbonyl (C=O) groups excluding carboxylic acids is 3. The Morgan fingerprint density at radius 2 is 2.00 bits per heavy atom. The highest BCUT2D eigenvalue weighted by atomic mass is 35.5. The lowest BCUT2D eigenvalue weighted by Crippen LogP contribution is -2.70. The molecular formula is C33H29ClN11O8S2+. The number of pyridine rings is 1. The van der Waals surface area contributed by atoms with E-state index in [1.807, 2.05) is 22.9 Å². The second-order valence-corrected chi connectivity index (χ2v) is 15.0. The van der Waals surface area contributed by atoms with Gasteiger partial charge in [-0.1, -0.05) is 22.8 Å². The zero-order valence-corrected chi connectivity index (χ0v) is 30.9. The molecule has 2 aromatic carbocycles. The van der Waals surface area contributed by atoms with E-state index in [0.717, 1.165) is 22.4 Å². The Morgan fingerprint density at radius 3 is 2.71 bits per heavy atom. The molecule has 0 aliphatic carbocycles. The third kappa shape index (κ3) is 6.95. The van der Waals surface area contributed by atoms with E-state index < -0.39 is 52.2 Å². The van der Waals surface area contributed by atoms with E-state index in [-0.39, 0.29) is 39.5 Å². The Kier molecular flexibility index (Phi) is 9.75. The van der Waals surface area contributed by atoms with E-state index in [2.05, 4.69) is 41.4 Å². The number of β-lactam (4-membered cyclic amide) rings is 1. The van der Waals surface area contributed by atoms with Gasteiger partial charge in [0.15, 0.2) is 40.9 Å². The van der Waals surface area contributed by atoms with Gasteiger partial charge in [0.05, 0.1) is 27.4 Å². The van der Waals surface area contributed by atoms with E-state index in [9.17, 15) is 34.5 Å². The van der Waals surface area contributed by atoms with Gasteiger partial charge in [-0.15, -0.1) is 28.2 Å². The topological polar surface area (TPSA) is 275 Å². The van der Waals surface area contributed by atoms with Crippen LogP contribution in [0.1, 0.15) is 35.7 Å². The smallest absolute Gasteiger partial charge is 0.350 e. The zero-order valence-electron chi connectivity index (χ0n) is 28.6. The lowest BCUT2D eigenvalue weighted by Gasteiger charge is -2.49. The minimum atomic E-state index is -1.78. The molecule has 55 heavy (non-hydrogen) atoms. The number of nitrogens with one attached hydrogen (secondary N) is 3. The minimum absolute atomic E-state index is 0.0370. The first-order valence-corrected chi connectivity index (χ1v) is 18.4. The van der Waals surface area contributed by atoms with Crippen molar-refractivity contribution in [1.82, 2.24) is 35.8 Å². The van der Waals surface area contributed by atoms with Gasteiger partial charge in [-0.3, -0.25) is 19.3 Å². The molecule has 3 amide bonds. The van der Waals surface area contributed by atoms with Crippen LogP contribution in [-0.2, 0) is 25.8 Å². The van der Waals surface area contributed by atoms with Crippen LogP contribution in [0.2, 0.25) is 5.02 Å². The number of H-pyrrole nitrogens is 1. The molecule has 282 valence electrons. The van der Waals surface area contributed by atoms with Crippen LogP contribution in [0.15, 0.2) is 64.8 Å². The van der Waals surface area contributed by atoms with Crippen LogP contribution in [0.5, 0.6) is 11.5 Å². The number of carbonyl (C=O) groups is 4. The molecular weight excluding hydrogens is 778 g/mol. The number of aromatic amines is 1. The molecule has 2 aliphatic rings. The number of hydrogen-bond donors (Lipinski definition) is 7. The van der Waals surface area contributed by atoms with Crippen molar-refractivity contribution in [1.29, 1.82) is 0 Å². The Morgan fingerprint density at radius 1 is 1.20 bits per heavy atom. The molecule has 19 nitrogen and oxygen atoms in total. The molecule has 0 spiro atoms. The average Bonchev–Trinajstić information content (AvgIpc) is 3.85. The second kappa shape index (κ2) is 14.5. The van der Waals surface area contributed by atoms with Gasteiger partial charge >= 0.3 is 5.97 Å². The summed E-state index contributed by atoms with van der Waals surface area (Å²) in [4.78, 5) is 63.0. The summed E-state index contributed by atoms with van der Waals surface area (Å²) in [6.07, 6.45) is 1.84. The number of aromatic nitrogens is 6. The largest absolute Gasteiger partial charge is 0.504 e. The molecule has 2 atom stereocenters. The van der Waals surface area contributed by atoms with Gasteiger partial charge in [0.2, 0.25) is 11.1 Å². The fourth-order valence-corrected chi connectivity index (χ4v) is 7.90.